The number of fused-ring (bicyclic) bond motifs is 3. The van der Waals surface area contributed by atoms with E-state index in [1.807, 2.05) is 24.3 Å². The molecule has 3 aromatic rings. The van der Waals surface area contributed by atoms with Gasteiger partial charge in [0, 0.05) is 53.8 Å². The topological polar surface area (TPSA) is 109 Å². The molecule has 168 valence electrons. The Bertz CT molecular complexity index is 1280. The lowest BCUT2D eigenvalue weighted by Crippen LogP contribution is -2.35. The minimum absolute atomic E-state index is 0.0602. The van der Waals surface area contributed by atoms with Gasteiger partial charge in [-0.2, -0.15) is 0 Å². The van der Waals surface area contributed by atoms with Gasteiger partial charge in [0.1, 0.15) is 0 Å². The molecule has 2 N–H and O–H groups in total. The van der Waals surface area contributed by atoms with Crippen LogP contribution in [0.3, 0.4) is 0 Å². The number of rotatable bonds is 6. The van der Waals surface area contributed by atoms with Gasteiger partial charge >= 0.3 is 5.97 Å². The lowest BCUT2D eigenvalue weighted by Gasteiger charge is -2.27. The zero-order chi connectivity index (χ0) is 22.9. The number of carbonyl (C=O) groups excluding carboxylic acids is 2. The molecule has 0 saturated carbocycles. The first-order valence-corrected chi connectivity index (χ1v) is 12.2. The Kier molecular flexibility index (Phi) is 6.03. The van der Waals surface area contributed by atoms with Crippen LogP contribution in [0.2, 0.25) is 0 Å². The van der Waals surface area contributed by atoms with Gasteiger partial charge < -0.3 is 14.6 Å². The van der Waals surface area contributed by atoms with Crippen molar-refractivity contribution in [2.45, 2.75) is 19.4 Å². The molecule has 0 fully saturated rings. The fraction of sp³-hybridized carbons (Fsp3) is 0.304. The highest BCUT2D eigenvalue weighted by atomic mass is 32.2. The molecule has 0 atom stereocenters. The number of benzene rings is 2. The fourth-order valence-corrected chi connectivity index (χ4v) is 4.48. The van der Waals surface area contributed by atoms with E-state index in [0.29, 0.717) is 43.6 Å². The predicted octanol–water partition coefficient (Wildman–Crippen LogP) is 2.24. The van der Waals surface area contributed by atoms with Crippen molar-refractivity contribution in [1.29, 1.82) is 0 Å². The van der Waals surface area contributed by atoms with Gasteiger partial charge in [-0.05, 0) is 42.3 Å². The summed E-state index contributed by atoms with van der Waals surface area (Å²) in [4.78, 5) is 30.2. The second-order valence-electron chi connectivity index (χ2n) is 7.92. The van der Waals surface area contributed by atoms with Crippen LogP contribution in [-0.2, 0) is 34.1 Å². The van der Waals surface area contributed by atoms with Crippen LogP contribution in [0, 0.1) is 0 Å². The number of aromatic nitrogens is 1. The first-order valence-electron chi connectivity index (χ1n) is 10.3. The second kappa shape index (κ2) is 8.76. The van der Waals surface area contributed by atoms with Gasteiger partial charge in [-0.15, -0.1) is 0 Å². The number of aromatic amines is 1. The smallest absolute Gasteiger partial charge is 0.337 e. The fourth-order valence-electron chi connectivity index (χ4n) is 4.01. The van der Waals surface area contributed by atoms with Gasteiger partial charge in [-0.3, -0.25) is 4.79 Å². The van der Waals surface area contributed by atoms with Crippen molar-refractivity contribution in [2.75, 3.05) is 26.5 Å². The van der Waals surface area contributed by atoms with Gasteiger partial charge in [0.15, 0.2) is 0 Å². The SMILES string of the molecule is COC(=O)c1ccc2[nH]c3c(c2c1)CN(C(=O)c1ccc(CCNS(C)(=O)=O)cc1)CC3. The Morgan fingerprint density at radius 1 is 1.12 bits per heavy atom. The van der Waals surface area contributed by atoms with Crippen molar-refractivity contribution in [2.24, 2.45) is 0 Å². The number of H-pyrrole nitrogens is 1. The largest absolute Gasteiger partial charge is 0.465 e. The molecule has 4 rings (SSSR count). The maximum atomic E-state index is 13.1. The highest BCUT2D eigenvalue weighted by Crippen LogP contribution is 2.29. The molecule has 9 heteroatoms. The number of ether oxygens (including phenoxy) is 1. The summed E-state index contributed by atoms with van der Waals surface area (Å²) < 4.78 is 29.6. The maximum absolute atomic E-state index is 13.1. The minimum atomic E-state index is -3.21. The summed E-state index contributed by atoms with van der Waals surface area (Å²) in [5.41, 5.74) is 5.05. The summed E-state index contributed by atoms with van der Waals surface area (Å²) in [6, 6.07) is 12.7. The van der Waals surface area contributed by atoms with E-state index >= 15 is 0 Å². The van der Waals surface area contributed by atoms with Crippen LogP contribution in [0.1, 0.15) is 37.5 Å². The van der Waals surface area contributed by atoms with Crippen molar-refractivity contribution >= 4 is 32.8 Å². The quantitative estimate of drug-likeness (QED) is 0.554. The second-order valence-corrected chi connectivity index (χ2v) is 9.76. The Morgan fingerprint density at radius 3 is 2.53 bits per heavy atom. The van der Waals surface area contributed by atoms with E-state index in [9.17, 15) is 18.0 Å². The van der Waals surface area contributed by atoms with Crippen LogP contribution >= 0.6 is 0 Å². The molecule has 0 bridgehead atoms. The Morgan fingerprint density at radius 2 is 1.84 bits per heavy atom. The van der Waals surface area contributed by atoms with Gasteiger partial charge in [0.05, 0.1) is 18.9 Å². The molecule has 8 nitrogen and oxygen atoms in total. The van der Waals surface area contributed by atoms with Gasteiger partial charge in [0.2, 0.25) is 10.0 Å². The van der Waals surface area contributed by atoms with Crippen LogP contribution in [0.4, 0.5) is 0 Å². The number of amides is 1. The number of esters is 1. The molecule has 1 aromatic heterocycles. The summed E-state index contributed by atoms with van der Waals surface area (Å²) in [5, 5.41) is 0.925. The third-order valence-corrected chi connectivity index (χ3v) is 6.39. The standard InChI is InChI=1S/C23H25N3O5S/c1-31-23(28)17-7-8-20-18(13-17)19-14-26(12-10-21(19)25-20)22(27)16-5-3-15(4-6-16)9-11-24-32(2,29)30/h3-8,13,24-25H,9-12,14H2,1-2H3. The third kappa shape index (κ3) is 4.68. The Labute approximate surface area is 186 Å². The molecule has 1 aliphatic rings. The van der Waals surface area contributed by atoms with E-state index in [-0.39, 0.29) is 5.91 Å². The van der Waals surface area contributed by atoms with E-state index in [1.54, 1.807) is 23.1 Å². The lowest BCUT2D eigenvalue weighted by molar-refractivity contribution is 0.0600. The maximum Gasteiger partial charge on any atom is 0.337 e. The summed E-state index contributed by atoms with van der Waals surface area (Å²) in [7, 11) is -1.86. The normalized spacial score (nSPS) is 13.8. The molecule has 1 amide bonds. The first-order chi connectivity index (χ1) is 15.2. The highest BCUT2D eigenvalue weighted by molar-refractivity contribution is 7.88. The number of nitrogens with zero attached hydrogens (tertiary/aromatic N) is 1. The number of nitrogens with one attached hydrogen (secondary N) is 2. The van der Waals surface area contributed by atoms with Crippen molar-refractivity contribution < 1.29 is 22.7 Å². The minimum Gasteiger partial charge on any atom is -0.465 e. The zero-order valence-corrected chi connectivity index (χ0v) is 18.8. The zero-order valence-electron chi connectivity index (χ0n) is 18.0. The summed E-state index contributed by atoms with van der Waals surface area (Å²) in [5.74, 6) is -0.452. The summed E-state index contributed by atoms with van der Waals surface area (Å²) in [6.07, 6.45) is 2.38. The Hall–Kier alpha value is -3.17. The van der Waals surface area contributed by atoms with Crippen LogP contribution in [0.15, 0.2) is 42.5 Å². The molecule has 2 aromatic carbocycles. The monoisotopic (exact) mass is 455 g/mol. The van der Waals surface area contributed by atoms with E-state index in [4.69, 9.17) is 4.74 Å². The molecule has 0 radical (unpaired) electrons. The van der Waals surface area contributed by atoms with Crippen LogP contribution in [-0.4, -0.2) is 56.6 Å². The number of sulfonamides is 1. The predicted molar refractivity (Wildman–Crippen MR) is 121 cm³/mol. The molecular weight excluding hydrogens is 430 g/mol. The van der Waals surface area contributed by atoms with Crippen LogP contribution in [0.5, 0.6) is 0 Å². The first kappa shape index (κ1) is 22.0. The molecular formula is C23H25N3O5S. The molecule has 1 aliphatic heterocycles. The molecule has 0 spiro atoms. The van der Waals surface area contributed by atoms with E-state index < -0.39 is 16.0 Å². The lowest BCUT2D eigenvalue weighted by atomic mass is 10.0. The van der Waals surface area contributed by atoms with E-state index in [0.717, 1.165) is 34.0 Å². The molecule has 2 heterocycles. The Balaban J connectivity index is 1.49. The van der Waals surface area contributed by atoms with Crippen molar-refractivity contribution in [3.63, 3.8) is 0 Å². The van der Waals surface area contributed by atoms with Crippen molar-refractivity contribution in [3.8, 4) is 0 Å². The third-order valence-electron chi connectivity index (χ3n) is 5.66. The van der Waals surface area contributed by atoms with Gasteiger partial charge in [0.25, 0.3) is 5.91 Å². The number of carbonyl (C=O) groups is 2. The average molecular weight is 456 g/mol. The van der Waals surface area contributed by atoms with Crippen molar-refractivity contribution in [3.05, 3.63) is 70.4 Å². The van der Waals surface area contributed by atoms with Gasteiger partial charge in [-0.1, -0.05) is 12.1 Å². The molecule has 32 heavy (non-hydrogen) atoms. The summed E-state index contributed by atoms with van der Waals surface area (Å²) in [6.45, 7) is 1.37. The van der Waals surface area contributed by atoms with Crippen molar-refractivity contribution in [1.82, 2.24) is 14.6 Å². The number of methoxy groups -OCH3 is 1. The average Bonchev–Trinajstić information content (AvgIpc) is 3.14. The molecule has 0 aliphatic carbocycles. The number of hydrogen-bond acceptors (Lipinski definition) is 5. The van der Waals surface area contributed by atoms with Crippen LogP contribution < -0.4 is 4.72 Å². The highest BCUT2D eigenvalue weighted by Gasteiger charge is 2.25. The van der Waals surface area contributed by atoms with E-state index in [1.165, 1.54) is 7.11 Å². The van der Waals surface area contributed by atoms with Gasteiger partial charge in [-0.25, -0.2) is 17.9 Å². The number of hydrogen-bond donors (Lipinski definition) is 2. The summed E-state index contributed by atoms with van der Waals surface area (Å²) >= 11 is 0. The molecule has 0 unspecified atom stereocenters. The van der Waals surface area contributed by atoms with Crippen LogP contribution in [0.25, 0.3) is 10.9 Å². The molecule has 0 saturated heterocycles. The van der Waals surface area contributed by atoms with E-state index in [2.05, 4.69) is 9.71 Å².